The van der Waals surface area contributed by atoms with Crippen LogP contribution in [0.2, 0.25) is 5.02 Å². The number of methoxy groups -OCH3 is 1. The van der Waals surface area contributed by atoms with E-state index in [0.29, 0.717) is 0 Å². The number of rotatable bonds is 3. The van der Waals surface area contributed by atoms with Crippen molar-refractivity contribution in [1.29, 1.82) is 0 Å². The number of aromatic nitrogens is 2. The van der Waals surface area contributed by atoms with E-state index in [2.05, 4.69) is 14.7 Å². The zero-order valence-corrected chi connectivity index (χ0v) is 14.7. The fraction of sp³-hybridized carbons (Fsp3) is 0.267. The van der Waals surface area contributed by atoms with E-state index in [1.807, 2.05) is 0 Å². The average Bonchev–Trinajstić information content (AvgIpc) is 3.08. The maximum Gasteiger partial charge on any atom is 0.418 e. The Morgan fingerprint density at radius 3 is 2.72 bits per heavy atom. The van der Waals surface area contributed by atoms with Gasteiger partial charge in [0.2, 0.25) is 0 Å². The number of carbonyl (C=O) groups excluding carboxylic acids is 1. The van der Waals surface area contributed by atoms with Crippen LogP contribution in [0.4, 0.5) is 18.9 Å². The summed E-state index contributed by atoms with van der Waals surface area (Å²) >= 11 is 6.63. The Kier molecular flexibility index (Phi) is 6.12. The molecular formula is C15H13ClF3N3O2S. The zero-order valence-electron chi connectivity index (χ0n) is 13.1. The molecule has 0 radical (unpaired) electrons. The molecule has 10 heteroatoms. The molecule has 0 amide bonds. The molecule has 0 aliphatic heterocycles. The number of thioether (sulfide) groups is 1. The third-order valence-corrected chi connectivity index (χ3v) is 4.31. The minimum Gasteiger partial charge on any atom is -0.468 e. The van der Waals surface area contributed by atoms with Crippen LogP contribution in [0.25, 0.3) is 0 Å². The first kappa shape index (κ1) is 19.3. The largest absolute Gasteiger partial charge is 0.468 e. The number of carbonyl (C=O) groups is 1. The second-order valence-electron chi connectivity index (χ2n) is 4.81. The third-order valence-electron chi connectivity index (χ3n) is 3.02. The molecule has 0 bridgehead atoms. The molecule has 1 unspecified atom stereocenters. The first-order chi connectivity index (χ1) is 11.7. The molecule has 0 fully saturated rings. The first-order valence-electron chi connectivity index (χ1n) is 6.90. The van der Waals surface area contributed by atoms with Crippen LogP contribution >= 0.6 is 23.4 Å². The van der Waals surface area contributed by atoms with Crippen LogP contribution in [-0.2, 0) is 15.7 Å². The second kappa shape index (κ2) is 7.92. The lowest BCUT2D eigenvalue weighted by molar-refractivity contribution is -0.139. The maximum atomic E-state index is 13.2. The van der Waals surface area contributed by atoms with Gasteiger partial charge in [-0.25, -0.2) is 9.98 Å². The molecule has 5 nitrogen and oxygen atoms in total. The first-order valence-corrected chi connectivity index (χ1v) is 8.16. The van der Waals surface area contributed by atoms with E-state index in [9.17, 15) is 18.0 Å². The number of benzene rings is 1. The van der Waals surface area contributed by atoms with Crippen LogP contribution in [0.5, 0.6) is 0 Å². The Labute approximate surface area is 150 Å². The van der Waals surface area contributed by atoms with E-state index in [4.69, 9.17) is 11.6 Å². The number of alkyl halides is 3. The highest BCUT2D eigenvalue weighted by atomic mass is 35.5. The summed E-state index contributed by atoms with van der Waals surface area (Å²) in [7, 11) is 1.23. The van der Waals surface area contributed by atoms with Gasteiger partial charge in [0.25, 0.3) is 0 Å². The van der Waals surface area contributed by atoms with Gasteiger partial charge in [-0.1, -0.05) is 23.4 Å². The van der Waals surface area contributed by atoms with Gasteiger partial charge in [0.05, 0.1) is 18.4 Å². The Bertz CT molecular complexity index is 779. The summed E-state index contributed by atoms with van der Waals surface area (Å²) in [4.78, 5) is 19.6. The van der Waals surface area contributed by atoms with Gasteiger partial charge in [0.15, 0.2) is 5.17 Å². The van der Waals surface area contributed by atoms with Crippen molar-refractivity contribution < 1.29 is 22.7 Å². The summed E-state index contributed by atoms with van der Waals surface area (Å²) in [6.07, 6.45) is -0.286. The number of halogens is 4. The number of hydrogen-bond donors (Lipinski definition) is 0. The number of nitrogens with zero attached hydrogens (tertiary/aromatic N) is 3. The Balaban J connectivity index is 2.50. The smallest absolute Gasteiger partial charge is 0.418 e. The van der Waals surface area contributed by atoms with Gasteiger partial charge in [-0.2, -0.15) is 13.2 Å². The van der Waals surface area contributed by atoms with E-state index >= 15 is 0 Å². The molecule has 1 atom stereocenters. The summed E-state index contributed by atoms with van der Waals surface area (Å²) in [5, 5.41) is -0.581. The molecule has 0 spiro atoms. The predicted molar refractivity (Wildman–Crippen MR) is 90.2 cm³/mol. The van der Waals surface area contributed by atoms with Crippen molar-refractivity contribution in [2.24, 2.45) is 4.99 Å². The van der Waals surface area contributed by atoms with Crippen molar-refractivity contribution in [3.05, 3.63) is 47.5 Å². The standard InChI is InChI=1S/C15H13ClF3N3O2S/c1-9(13(23)24-2)25-14(22-6-5-20-8-22)21-12-4-3-10(16)7-11(12)15(17,18)19/h3-9H,1-2H3. The molecule has 1 heterocycles. The van der Waals surface area contributed by atoms with Crippen LogP contribution < -0.4 is 0 Å². The van der Waals surface area contributed by atoms with Crippen LogP contribution in [0, 0.1) is 0 Å². The van der Waals surface area contributed by atoms with E-state index in [1.165, 1.54) is 42.5 Å². The van der Waals surface area contributed by atoms with Gasteiger partial charge in [-0.15, -0.1) is 0 Å². The van der Waals surface area contributed by atoms with Gasteiger partial charge in [-0.05, 0) is 25.1 Å². The van der Waals surface area contributed by atoms with Crippen LogP contribution in [-0.4, -0.2) is 33.0 Å². The number of hydrogen-bond acceptors (Lipinski definition) is 5. The Morgan fingerprint density at radius 2 is 2.16 bits per heavy atom. The summed E-state index contributed by atoms with van der Waals surface area (Å²) in [5.74, 6) is -0.523. The number of esters is 1. The molecule has 1 aromatic heterocycles. The highest BCUT2D eigenvalue weighted by Crippen LogP contribution is 2.38. The average molecular weight is 392 g/mol. The fourth-order valence-corrected chi connectivity index (χ4v) is 2.89. The van der Waals surface area contributed by atoms with Crippen molar-refractivity contribution in [3.8, 4) is 0 Å². The van der Waals surface area contributed by atoms with Crippen molar-refractivity contribution in [2.45, 2.75) is 18.3 Å². The van der Waals surface area contributed by atoms with E-state index in [-0.39, 0.29) is 15.9 Å². The lowest BCUT2D eigenvalue weighted by Gasteiger charge is -2.14. The number of aliphatic imine (C=N–C) groups is 1. The van der Waals surface area contributed by atoms with Gasteiger partial charge in [0, 0.05) is 17.4 Å². The molecule has 134 valence electrons. The lowest BCUT2D eigenvalue weighted by atomic mass is 10.2. The molecule has 0 saturated heterocycles. The van der Waals surface area contributed by atoms with Gasteiger partial charge < -0.3 is 4.74 Å². The van der Waals surface area contributed by atoms with Crippen molar-refractivity contribution >= 4 is 40.2 Å². The zero-order chi connectivity index (χ0) is 18.6. The molecule has 1 aromatic carbocycles. The summed E-state index contributed by atoms with van der Waals surface area (Å²) in [6.45, 7) is 1.56. The van der Waals surface area contributed by atoms with E-state index < -0.39 is 23.0 Å². The molecular weight excluding hydrogens is 379 g/mol. The topological polar surface area (TPSA) is 56.5 Å². The number of ether oxygens (including phenoxy) is 1. The quantitative estimate of drug-likeness (QED) is 0.442. The lowest BCUT2D eigenvalue weighted by Crippen LogP contribution is -2.19. The van der Waals surface area contributed by atoms with Crippen molar-refractivity contribution in [2.75, 3.05) is 7.11 Å². The summed E-state index contributed by atoms with van der Waals surface area (Å²) < 4.78 is 45.8. The molecule has 0 N–H and O–H groups in total. The van der Waals surface area contributed by atoms with Gasteiger partial charge in [0.1, 0.15) is 11.6 Å². The van der Waals surface area contributed by atoms with Gasteiger partial charge in [-0.3, -0.25) is 9.36 Å². The fourth-order valence-electron chi connectivity index (χ4n) is 1.83. The van der Waals surface area contributed by atoms with Crippen molar-refractivity contribution in [3.63, 3.8) is 0 Å². The van der Waals surface area contributed by atoms with E-state index in [1.54, 1.807) is 6.92 Å². The molecule has 25 heavy (non-hydrogen) atoms. The van der Waals surface area contributed by atoms with Crippen LogP contribution in [0.1, 0.15) is 12.5 Å². The molecule has 0 aliphatic rings. The third kappa shape index (κ3) is 4.99. The SMILES string of the molecule is COC(=O)C(C)SC(=Nc1ccc(Cl)cc1C(F)(F)F)n1ccnc1. The molecule has 2 aromatic rings. The Morgan fingerprint density at radius 1 is 1.44 bits per heavy atom. The molecule has 0 aliphatic carbocycles. The second-order valence-corrected chi connectivity index (χ2v) is 6.55. The van der Waals surface area contributed by atoms with Crippen molar-refractivity contribution in [1.82, 2.24) is 9.55 Å². The molecule has 2 rings (SSSR count). The summed E-state index contributed by atoms with van der Waals surface area (Å²) in [5.41, 5.74) is -1.28. The minimum atomic E-state index is -4.62. The number of imidazole rings is 1. The highest BCUT2D eigenvalue weighted by molar-refractivity contribution is 8.14. The van der Waals surface area contributed by atoms with Gasteiger partial charge >= 0.3 is 12.1 Å². The highest BCUT2D eigenvalue weighted by Gasteiger charge is 2.34. The Hall–Kier alpha value is -2.00. The summed E-state index contributed by atoms with van der Waals surface area (Å²) in [6, 6.07) is 3.29. The predicted octanol–water partition coefficient (Wildman–Crippen LogP) is 4.39. The maximum absolute atomic E-state index is 13.2. The normalized spacial score (nSPS) is 13.6. The monoisotopic (exact) mass is 391 g/mol. The minimum absolute atomic E-state index is 0.0500. The van der Waals surface area contributed by atoms with Crippen LogP contribution in [0.3, 0.4) is 0 Å². The van der Waals surface area contributed by atoms with E-state index in [0.717, 1.165) is 17.8 Å². The van der Waals surface area contributed by atoms with Crippen LogP contribution in [0.15, 0.2) is 41.9 Å². The molecule has 0 saturated carbocycles.